The van der Waals surface area contributed by atoms with E-state index in [1.165, 1.54) is 7.11 Å². The number of rotatable bonds is 7. The van der Waals surface area contributed by atoms with Gasteiger partial charge in [0.15, 0.2) is 5.11 Å². The van der Waals surface area contributed by atoms with Crippen molar-refractivity contribution in [3.8, 4) is 5.69 Å². The summed E-state index contributed by atoms with van der Waals surface area (Å²) in [6, 6.07) is 16.0. The molecule has 0 bridgehead atoms. The van der Waals surface area contributed by atoms with Gasteiger partial charge in [-0.25, -0.2) is 4.79 Å². The minimum Gasteiger partial charge on any atom is -0.465 e. The summed E-state index contributed by atoms with van der Waals surface area (Å²) in [6.07, 6.45) is 3.59. The van der Waals surface area contributed by atoms with E-state index in [0.29, 0.717) is 16.4 Å². The lowest BCUT2D eigenvalue weighted by molar-refractivity contribution is -0.143. The van der Waals surface area contributed by atoms with Crippen molar-refractivity contribution in [1.29, 1.82) is 0 Å². The van der Waals surface area contributed by atoms with E-state index < -0.39 is 5.97 Å². The fourth-order valence-electron chi connectivity index (χ4n) is 4.06. The molecule has 2 aromatic heterocycles. The molecule has 0 aliphatic carbocycles. The van der Waals surface area contributed by atoms with E-state index in [0.717, 1.165) is 11.4 Å². The Labute approximate surface area is 197 Å². The second kappa shape index (κ2) is 9.83. The van der Waals surface area contributed by atoms with Crippen molar-refractivity contribution in [2.24, 2.45) is 0 Å². The van der Waals surface area contributed by atoms with E-state index in [1.807, 2.05) is 53.2 Å². The predicted octanol–water partition coefficient (Wildman–Crippen LogP) is 3.19. The quantitative estimate of drug-likeness (QED) is 0.422. The van der Waals surface area contributed by atoms with E-state index in [2.05, 4.69) is 10.3 Å². The summed E-state index contributed by atoms with van der Waals surface area (Å²) in [4.78, 5) is 31.2. The van der Waals surface area contributed by atoms with Gasteiger partial charge in [0.05, 0.1) is 42.7 Å². The third-order valence-corrected chi connectivity index (χ3v) is 5.81. The monoisotopic (exact) mass is 464 g/mol. The maximum Gasteiger partial charge on any atom is 0.339 e. The van der Waals surface area contributed by atoms with Crippen LogP contribution in [0, 0.1) is 0 Å². The van der Waals surface area contributed by atoms with Crippen molar-refractivity contribution in [1.82, 2.24) is 19.8 Å². The van der Waals surface area contributed by atoms with E-state index in [9.17, 15) is 9.59 Å². The van der Waals surface area contributed by atoms with Crippen LogP contribution in [0.1, 0.15) is 40.8 Å². The van der Waals surface area contributed by atoms with Crippen molar-refractivity contribution >= 4 is 29.3 Å². The molecule has 0 unspecified atom stereocenters. The first-order chi connectivity index (χ1) is 16.0. The summed E-state index contributed by atoms with van der Waals surface area (Å²) < 4.78 is 12.1. The standard InChI is InChI=1S/C24H24N4O4S/c1-3-32-20(29)15-28-22(21(26-24(28)33)17-10-6-7-13-25-17)19-12-8-14-27(19)18-11-5-4-9-16(18)23(30)31-2/h4-14,21-22H,3,15H2,1-2H3,(H,26,33)/t21-,22+/m1/s1. The van der Waals surface area contributed by atoms with Crippen LogP contribution in [-0.2, 0) is 14.3 Å². The summed E-state index contributed by atoms with van der Waals surface area (Å²) in [5.74, 6) is -0.809. The third-order valence-electron chi connectivity index (χ3n) is 5.45. The second-order valence-electron chi connectivity index (χ2n) is 7.37. The number of benzene rings is 1. The first-order valence-electron chi connectivity index (χ1n) is 10.5. The number of pyridine rings is 1. The molecule has 1 fully saturated rings. The molecule has 1 aromatic carbocycles. The SMILES string of the molecule is CCOC(=O)CN1C(=S)N[C@H](c2ccccn2)[C@@H]1c1cccn1-c1ccccc1C(=O)OC. The Morgan fingerprint density at radius 3 is 2.64 bits per heavy atom. The Bertz CT molecular complexity index is 1160. The van der Waals surface area contributed by atoms with Gasteiger partial charge in [-0.05, 0) is 55.5 Å². The van der Waals surface area contributed by atoms with Gasteiger partial charge >= 0.3 is 11.9 Å². The molecule has 1 aliphatic rings. The molecule has 0 amide bonds. The van der Waals surface area contributed by atoms with Gasteiger partial charge in [0.1, 0.15) is 6.54 Å². The molecule has 1 N–H and O–H groups in total. The predicted molar refractivity (Wildman–Crippen MR) is 126 cm³/mol. The number of carbonyl (C=O) groups excluding carboxylic acids is 2. The molecule has 33 heavy (non-hydrogen) atoms. The van der Waals surface area contributed by atoms with Gasteiger partial charge in [-0.1, -0.05) is 18.2 Å². The van der Waals surface area contributed by atoms with Crippen molar-refractivity contribution in [3.05, 3.63) is 83.9 Å². The molecule has 1 aliphatic heterocycles. The maximum absolute atomic E-state index is 12.4. The highest BCUT2D eigenvalue weighted by molar-refractivity contribution is 7.80. The summed E-state index contributed by atoms with van der Waals surface area (Å²) in [6.45, 7) is 2.03. The van der Waals surface area contributed by atoms with Gasteiger partial charge in [-0.2, -0.15) is 0 Å². The third kappa shape index (κ3) is 4.45. The number of para-hydroxylation sites is 1. The van der Waals surface area contributed by atoms with E-state index in [4.69, 9.17) is 21.7 Å². The lowest BCUT2D eigenvalue weighted by atomic mass is 10.0. The lowest BCUT2D eigenvalue weighted by Gasteiger charge is -2.28. The number of methoxy groups -OCH3 is 1. The van der Waals surface area contributed by atoms with Crippen LogP contribution in [0.4, 0.5) is 0 Å². The van der Waals surface area contributed by atoms with Gasteiger partial charge in [0, 0.05) is 18.1 Å². The zero-order chi connectivity index (χ0) is 23.4. The summed E-state index contributed by atoms with van der Waals surface area (Å²) in [5.41, 5.74) is 2.71. The van der Waals surface area contributed by atoms with Crippen LogP contribution in [0.25, 0.3) is 5.69 Å². The van der Waals surface area contributed by atoms with Gasteiger partial charge in [0.2, 0.25) is 0 Å². The molecule has 8 nitrogen and oxygen atoms in total. The van der Waals surface area contributed by atoms with Crippen LogP contribution in [0.2, 0.25) is 0 Å². The van der Waals surface area contributed by atoms with Crippen LogP contribution in [0.15, 0.2) is 67.0 Å². The zero-order valence-electron chi connectivity index (χ0n) is 18.3. The molecule has 2 atom stereocenters. The van der Waals surface area contributed by atoms with Gasteiger partial charge in [-0.3, -0.25) is 9.78 Å². The zero-order valence-corrected chi connectivity index (χ0v) is 19.1. The first kappa shape index (κ1) is 22.5. The number of hydrogen-bond donors (Lipinski definition) is 1. The van der Waals surface area contributed by atoms with E-state index >= 15 is 0 Å². The van der Waals surface area contributed by atoms with E-state index in [-0.39, 0.29) is 31.2 Å². The number of nitrogens with zero attached hydrogens (tertiary/aromatic N) is 3. The Kier molecular flexibility index (Phi) is 6.69. The maximum atomic E-state index is 12.4. The Morgan fingerprint density at radius 2 is 1.91 bits per heavy atom. The van der Waals surface area contributed by atoms with Crippen LogP contribution in [0.3, 0.4) is 0 Å². The summed E-state index contributed by atoms with van der Waals surface area (Å²) in [5, 5.41) is 3.74. The average Bonchev–Trinajstić information content (AvgIpc) is 3.44. The second-order valence-corrected chi connectivity index (χ2v) is 7.76. The van der Waals surface area contributed by atoms with Crippen molar-refractivity contribution < 1.29 is 19.1 Å². The van der Waals surface area contributed by atoms with Crippen LogP contribution < -0.4 is 5.32 Å². The van der Waals surface area contributed by atoms with E-state index in [1.54, 1.807) is 30.2 Å². The number of aromatic nitrogens is 2. The fraction of sp³-hybridized carbons (Fsp3) is 0.250. The number of esters is 2. The summed E-state index contributed by atoms with van der Waals surface area (Å²) in [7, 11) is 1.35. The molecule has 4 rings (SSSR count). The normalized spacial score (nSPS) is 17.5. The van der Waals surface area contributed by atoms with Crippen LogP contribution >= 0.6 is 12.2 Å². The number of carbonyl (C=O) groups is 2. The van der Waals surface area contributed by atoms with Crippen molar-refractivity contribution in [2.45, 2.75) is 19.0 Å². The highest BCUT2D eigenvalue weighted by atomic mass is 32.1. The van der Waals surface area contributed by atoms with Crippen LogP contribution in [0.5, 0.6) is 0 Å². The highest BCUT2D eigenvalue weighted by Gasteiger charge is 2.42. The molecule has 0 spiro atoms. The topological polar surface area (TPSA) is 85.7 Å². The molecule has 0 radical (unpaired) electrons. The number of nitrogens with one attached hydrogen (secondary N) is 1. The Morgan fingerprint density at radius 1 is 1.12 bits per heavy atom. The minimum atomic E-state index is -0.435. The van der Waals surface area contributed by atoms with Crippen LogP contribution in [-0.4, -0.2) is 51.8 Å². The molecule has 170 valence electrons. The molecule has 1 saturated heterocycles. The molecule has 3 aromatic rings. The Hall–Kier alpha value is -3.72. The van der Waals surface area contributed by atoms with Gasteiger partial charge < -0.3 is 24.3 Å². The molecular formula is C24H24N4O4S. The number of ether oxygens (including phenoxy) is 2. The molecule has 0 saturated carbocycles. The first-order valence-corrected chi connectivity index (χ1v) is 10.9. The highest BCUT2D eigenvalue weighted by Crippen LogP contribution is 2.39. The number of hydrogen-bond acceptors (Lipinski definition) is 6. The van der Waals surface area contributed by atoms with Gasteiger partial charge in [-0.15, -0.1) is 0 Å². The smallest absolute Gasteiger partial charge is 0.339 e. The minimum absolute atomic E-state index is 0.0164. The van der Waals surface area contributed by atoms with Crippen molar-refractivity contribution in [2.75, 3.05) is 20.3 Å². The molecular weight excluding hydrogens is 440 g/mol. The largest absolute Gasteiger partial charge is 0.465 e. The lowest BCUT2D eigenvalue weighted by Crippen LogP contribution is -2.36. The Balaban J connectivity index is 1.82. The molecule has 3 heterocycles. The van der Waals surface area contributed by atoms with Crippen molar-refractivity contribution in [3.63, 3.8) is 0 Å². The average molecular weight is 465 g/mol. The fourth-order valence-corrected chi connectivity index (χ4v) is 4.37. The molecule has 9 heteroatoms. The number of thiocarbonyl (C=S) groups is 1. The summed E-state index contributed by atoms with van der Waals surface area (Å²) >= 11 is 5.61. The van der Waals surface area contributed by atoms with Gasteiger partial charge in [0.25, 0.3) is 0 Å².